The van der Waals surface area contributed by atoms with Gasteiger partial charge in [0.15, 0.2) is 0 Å². The van der Waals surface area contributed by atoms with Gasteiger partial charge in [-0.15, -0.1) is 0 Å². The average Bonchev–Trinajstić information content (AvgIpc) is 2.63. The third-order valence-electron chi connectivity index (χ3n) is 2.60. The van der Waals surface area contributed by atoms with E-state index in [-0.39, 0.29) is 0 Å². The van der Waals surface area contributed by atoms with E-state index < -0.39 is 5.82 Å². The molecular weight excluding hydrogens is 217 g/mol. The maximum absolute atomic E-state index is 13.7. The molecule has 0 unspecified atom stereocenters. The van der Waals surface area contributed by atoms with Gasteiger partial charge in [-0.2, -0.15) is 5.26 Å². The summed E-state index contributed by atoms with van der Waals surface area (Å²) in [4.78, 5) is 0. The Balaban J connectivity index is 2.34. The highest BCUT2D eigenvalue weighted by molar-refractivity contribution is 5.49. The topological polar surface area (TPSA) is 40.8 Å². The van der Waals surface area contributed by atoms with Gasteiger partial charge in [-0.3, -0.25) is 10.1 Å². The Bertz CT molecular complexity index is 574. The first-order valence-electron chi connectivity index (χ1n) is 5.23. The van der Waals surface area contributed by atoms with Crippen molar-refractivity contribution in [1.29, 1.82) is 5.26 Å². The fourth-order valence-corrected chi connectivity index (χ4v) is 1.64. The maximum Gasteiger partial charge on any atom is 0.149 e. The minimum atomic E-state index is -0.434. The zero-order chi connectivity index (χ0) is 12.4. The number of halogens is 1. The quantitative estimate of drug-likeness (QED) is 0.860. The van der Waals surface area contributed by atoms with E-state index in [9.17, 15) is 4.39 Å². The second kappa shape index (κ2) is 4.30. The van der Waals surface area contributed by atoms with Crippen LogP contribution in [0.25, 0.3) is 0 Å². The minimum Gasteiger partial charge on any atom is -0.291 e. The first kappa shape index (κ1) is 11.2. The molecule has 0 aliphatic heterocycles. The Morgan fingerprint density at radius 3 is 2.35 bits per heavy atom. The van der Waals surface area contributed by atoms with Crippen molar-refractivity contribution in [3.05, 3.63) is 53.1 Å². The standard InChI is InChI=1S/C13H12FN3/c1-9-3-4-10(2)17(9)16-13-6-5-11(8-15)7-12(13)14/h3-7,16H,1-2H3. The monoisotopic (exact) mass is 229 g/mol. The molecule has 0 amide bonds. The molecule has 86 valence electrons. The maximum atomic E-state index is 13.7. The molecule has 0 saturated carbocycles. The summed E-state index contributed by atoms with van der Waals surface area (Å²) in [5, 5.41) is 8.66. The molecule has 1 N–H and O–H groups in total. The third-order valence-corrected chi connectivity index (χ3v) is 2.60. The van der Waals surface area contributed by atoms with Gasteiger partial charge in [0.05, 0.1) is 17.3 Å². The van der Waals surface area contributed by atoms with E-state index in [4.69, 9.17) is 5.26 Å². The van der Waals surface area contributed by atoms with Gasteiger partial charge in [0.25, 0.3) is 0 Å². The number of nitrogens with one attached hydrogen (secondary N) is 1. The van der Waals surface area contributed by atoms with Gasteiger partial charge in [0, 0.05) is 11.4 Å². The molecule has 0 aliphatic rings. The van der Waals surface area contributed by atoms with Crippen LogP contribution in [0.4, 0.5) is 10.1 Å². The summed E-state index contributed by atoms with van der Waals surface area (Å²) in [7, 11) is 0. The molecule has 17 heavy (non-hydrogen) atoms. The van der Waals surface area contributed by atoms with Gasteiger partial charge in [-0.1, -0.05) is 0 Å². The molecule has 4 heteroatoms. The van der Waals surface area contributed by atoms with E-state index in [1.807, 2.05) is 32.0 Å². The third kappa shape index (κ3) is 2.13. The van der Waals surface area contributed by atoms with Crippen LogP contribution < -0.4 is 5.43 Å². The molecule has 0 radical (unpaired) electrons. The fraction of sp³-hybridized carbons (Fsp3) is 0.154. The van der Waals surface area contributed by atoms with Gasteiger partial charge in [0.1, 0.15) is 5.82 Å². The number of nitriles is 1. The lowest BCUT2D eigenvalue weighted by Crippen LogP contribution is -2.13. The number of aromatic nitrogens is 1. The number of hydrogen-bond donors (Lipinski definition) is 1. The van der Waals surface area contributed by atoms with Gasteiger partial charge in [0.2, 0.25) is 0 Å². The van der Waals surface area contributed by atoms with Crippen molar-refractivity contribution in [3.8, 4) is 6.07 Å². The van der Waals surface area contributed by atoms with Gasteiger partial charge in [-0.25, -0.2) is 4.39 Å². The molecule has 0 spiro atoms. The normalized spacial score (nSPS) is 10.0. The van der Waals surface area contributed by atoms with Crippen molar-refractivity contribution in [2.45, 2.75) is 13.8 Å². The van der Waals surface area contributed by atoms with E-state index in [0.717, 1.165) is 11.4 Å². The minimum absolute atomic E-state index is 0.314. The summed E-state index contributed by atoms with van der Waals surface area (Å²) in [5.41, 5.74) is 5.62. The van der Waals surface area contributed by atoms with Crippen LogP contribution in [0.3, 0.4) is 0 Å². The van der Waals surface area contributed by atoms with Crippen LogP contribution in [0, 0.1) is 31.0 Å². The SMILES string of the molecule is Cc1ccc(C)n1Nc1ccc(C#N)cc1F. The van der Waals surface area contributed by atoms with Crippen LogP contribution in [0.5, 0.6) is 0 Å². The molecule has 1 heterocycles. The first-order chi connectivity index (χ1) is 8.11. The number of rotatable bonds is 2. The number of hydrogen-bond acceptors (Lipinski definition) is 2. The smallest absolute Gasteiger partial charge is 0.149 e. The van der Waals surface area contributed by atoms with Crippen LogP contribution >= 0.6 is 0 Å². The zero-order valence-corrected chi connectivity index (χ0v) is 9.66. The Labute approximate surface area is 99.1 Å². The Kier molecular flexibility index (Phi) is 2.84. The van der Waals surface area contributed by atoms with Crippen molar-refractivity contribution < 1.29 is 4.39 Å². The van der Waals surface area contributed by atoms with Crippen LogP contribution in [0.15, 0.2) is 30.3 Å². The van der Waals surface area contributed by atoms with Crippen molar-refractivity contribution in [2.24, 2.45) is 0 Å². The molecular formula is C13H12FN3. The summed E-state index contributed by atoms with van der Waals surface area (Å²) in [6.45, 7) is 3.86. The largest absolute Gasteiger partial charge is 0.291 e. The molecule has 0 aliphatic carbocycles. The van der Waals surface area contributed by atoms with Crippen LogP contribution in [0.2, 0.25) is 0 Å². The highest BCUT2D eigenvalue weighted by Gasteiger charge is 2.06. The number of anilines is 1. The highest BCUT2D eigenvalue weighted by atomic mass is 19.1. The second-order valence-electron chi connectivity index (χ2n) is 3.87. The van der Waals surface area contributed by atoms with Crippen LogP contribution in [-0.4, -0.2) is 4.68 Å². The summed E-state index contributed by atoms with van der Waals surface area (Å²) in [5.74, 6) is -0.434. The Hall–Kier alpha value is -2.28. The summed E-state index contributed by atoms with van der Waals surface area (Å²) >= 11 is 0. The summed E-state index contributed by atoms with van der Waals surface area (Å²) in [6.07, 6.45) is 0. The lowest BCUT2D eigenvalue weighted by atomic mass is 10.2. The second-order valence-corrected chi connectivity index (χ2v) is 3.87. The van der Waals surface area contributed by atoms with Gasteiger partial charge < -0.3 is 0 Å². The van der Waals surface area contributed by atoms with E-state index in [2.05, 4.69) is 5.43 Å². The van der Waals surface area contributed by atoms with Crippen molar-refractivity contribution in [3.63, 3.8) is 0 Å². The molecule has 0 fully saturated rings. The summed E-state index contributed by atoms with van der Waals surface area (Å²) in [6, 6.07) is 10.2. The Morgan fingerprint density at radius 2 is 1.82 bits per heavy atom. The first-order valence-corrected chi connectivity index (χ1v) is 5.23. The molecule has 0 bridgehead atoms. The lowest BCUT2D eigenvalue weighted by Gasteiger charge is -2.13. The highest BCUT2D eigenvalue weighted by Crippen LogP contribution is 2.17. The van der Waals surface area contributed by atoms with Crippen molar-refractivity contribution in [2.75, 3.05) is 5.43 Å². The van der Waals surface area contributed by atoms with E-state index in [0.29, 0.717) is 11.3 Å². The van der Waals surface area contributed by atoms with Crippen molar-refractivity contribution >= 4 is 5.69 Å². The van der Waals surface area contributed by atoms with E-state index in [1.165, 1.54) is 6.07 Å². The summed E-state index contributed by atoms with van der Waals surface area (Å²) < 4.78 is 15.5. The predicted octanol–water partition coefficient (Wildman–Crippen LogP) is 2.99. The zero-order valence-electron chi connectivity index (χ0n) is 9.66. The Morgan fingerprint density at radius 1 is 1.18 bits per heavy atom. The molecule has 2 aromatic rings. The van der Waals surface area contributed by atoms with Crippen molar-refractivity contribution in [1.82, 2.24) is 4.68 Å². The molecule has 3 nitrogen and oxygen atoms in total. The van der Waals surface area contributed by atoms with E-state index >= 15 is 0 Å². The molecule has 0 atom stereocenters. The number of aryl methyl sites for hydroxylation is 2. The van der Waals surface area contributed by atoms with Crippen LogP contribution in [-0.2, 0) is 0 Å². The number of benzene rings is 1. The average molecular weight is 229 g/mol. The van der Waals surface area contributed by atoms with Gasteiger partial charge in [-0.05, 0) is 44.2 Å². The lowest BCUT2D eigenvalue weighted by molar-refractivity contribution is 0.626. The molecule has 1 aromatic heterocycles. The molecule has 1 aromatic carbocycles. The fourth-order valence-electron chi connectivity index (χ4n) is 1.64. The molecule has 0 saturated heterocycles. The van der Waals surface area contributed by atoms with Gasteiger partial charge >= 0.3 is 0 Å². The van der Waals surface area contributed by atoms with Crippen LogP contribution in [0.1, 0.15) is 17.0 Å². The number of nitrogens with zero attached hydrogens (tertiary/aromatic N) is 2. The predicted molar refractivity (Wildman–Crippen MR) is 64.0 cm³/mol. The molecule has 2 rings (SSSR count). The van der Waals surface area contributed by atoms with E-state index in [1.54, 1.807) is 16.8 Å².